The first-order valence-electron chi connectivity index (χ1n) is 8.97. The number of anilines is 1. The minimum absolute atomic E-state index is 0.0295. The Morgan fingerprint density at radius 1 is 1.14 bits per heavy atom. The highest BCUT2D eigenvalue weighted by molar-refractivity contribution is 7.99. The molecule has 0 spiro atoms. The van der Waals surface area contributed by atoms with E-state index in [0.717, 1.165) is 18.7 Å². The Morgan fingerprint density at radius 2 is 1.96 bits per heavy atom. The van der Waals surface area contributed by atoms with Gasteiger partial charge < -0.3 is 4.90 Å². The van der Waals surface area contributed by atoms with Gasteiger partial charge in [0.05, 0.1) is 11.4 Å². The summed E-state index contributed by atoms with van der Waals surface area (Å²) in [5.41, 5.74) is 2.08. The van der Waals surface area contributed by atoms with E-state index in [1.165, 1.54) is 23.9 Å². The van der Waals surface area contributed by atoms with Gasteiger partial charge in [-0.05, 0) is 48.9 Å². The molecule has 2 aromatic carbocycles. The van der Waals surface area contributed by atoms with Gasteiger partial charge in [0, 0.05) is 36.6 Å². The number of Topliss-reactive ketones (excluding diaryl/α,β-unsaturated/α-hetero) is 1. The van der Waals surface area contributed by atoms with Crippen LogP contribution in [0.15, 0.2) is 66.1 Å². The van der Waals surface area contributed by atoms with Gasteiger partial charge in [0.15, 0.2) is 10.9 Å². The van der Waals surface area contributed by atoms with Crippen molar-refractivity contribution < 1.29 is 14.0 Å². The van der Waals surface area contributed by atoms with E-state index in [0.29, 0.717) is 22.8 Å². The number of ketones is 1. The number of carbonyl (C=O) groups excluding carboxylic acids is 2. The number of imidazole rings is 1. The van der Waals surface area contributed by atoms with Crippen molar-refractivity contribution in [3.63, 3.8) is 0 Å². The number of halogens is 1. The van der Waals surface area contributed by atoms with Crippen LogP contribution in [0.1, 0.15) is 23.2 Å². The number of amides is 1. The summed E-state index contributed by atoms with van der Waals surface area (Å²) < 4.78 is 15.2. The molecule has 0 saturated carbocycles. The molecule has 0 bridgehead atoms. The number of nitrogens with zero attached hydrogens (tertiary/aromatic N) is 3. The number of hydrogen-bond acceptors (Lipinski definition) is 4. The molecular weight excluding hydrogens is 377 g/mol. The minimum atomic E-state index is -0.324. The van der Waals surface area contributed by atoms with Crippen molar-refractivity contribution in [3.8, 4) is 5.69 Å². The summed E-state index contributed by atoms with van der Waals surface area (Å²) in [6, 6.07) is 13.4. The van der Waals surface area contributed by atoms with E-state index in [1.807, 2.05) is 12.1 Å². The normalized spacial score (nSPS) is 13.9. The summed E-state index contributed by atoms with van der Waals surface area (Å²) in [4.78, 5) is 30.4. The molecule has 5 nitrogen and oxygen atoms in total. The second-order valence-electron chi connectivity index (χ2n) is 6.47. The summed E-state index contributed by atoms with van der Waals surface area (Å²) in [5.74, 6) is -0.0133. The molecule has 0 radical (unpaired) electrons. The van der Waals surface area contributed by atoms with Crippen LogP contribution >= 0.6 is 11.8 Å². The van der Waals surface area contributed by atoms with Gasteiger partial charge in [0.1, 0.15) is 5.82 Å². The van der Waals surface area contributed by atoms with Crippen LogP contribution in [0.2, 0.25) is 0 Å². The fraction of sp³-hybridized carbons (Fsp3) is 0.190. The van der Waals surface area contributed by atoms with E-state index in [9.17, 15) is 14.0 Å². The number of thioether (sulfide) groups is 1. The van der Waals surface area contributed by atoms with Crippen LogP contribution < -0.4 is 4.90 Å². The van der Waals surface area contributed by atoms with Crippen molar-refractivity contribution >= 4 is 29.1 Å². The van der Waals surface area contributed by atoms with E-state index in [-0.39, 0.29) is 23.3 Å². The lowest BCUT2D eigenvalue weighted by molar-refractivity contribution is -0.117. The minimum Gasteiger partial charge on any atom is -0.312 e. The fourth-order valence-electron chi connectivity index (χ4n) is 3.18. The number of rotatable bonds is 6. The van der Waals surface area contributed by atoms with Gasteiger partial charge in [0.25, 0.3) is 0 Å². The van der Waals surface area contributed by atoms with Crippen LogP contribution in [0.25, 0.3) is 5.69 Å². The Labute approximate surface area is 166 Å². The van der Waals surface area contributed by atoms with Crippen LogP contribution in [0.4, 0.5) is 10.1 Å². The summed E-state index contributed by atoms with van der Waals surface area (Å²) in [6.45, 7) is 0.727. The SMILES string of the molecule is O=C(CSc1nccn1-c1cccc(F)c1)c1ccc(N2CCCC2=O)cc1. The topological polar surface area (TPSA) is 55.2 Å². The van der Waals surface area contributed by atoms with Gasteiger partial charge in [-0.1, -0.05) is 17.8 Å². The number of benzene rings is 2. The highest BCUT2D eigenvalue weighted by Gasteiger charge is 2.21. The average Bonchev–Trinajstić information content (AvgIpc) is 3.35. The zero-order valence-electron chi connectivity index (χ0n) is 15.0. The quantitative estimate of drug-likeness (QED) is 0.466. The van der Waals surface area contributed by atoms with Gasteiger partial charge in [-0.2, -0.15) is 0 Å². The third-order valence-electron chi connectivity index (χ3n) is 4.60. The molecule has 0 unspecified atom stereocenters. The highest BCUT2D eigenvalue weighted by atomic mass is 32.2. The fourth-order valence-corrected chi connectivity index (χ4v) is 4.05. The van der Waals surface area contributed by atoms with Crippen molar-refractivity contribution in [1.29, 1.82) is 0 Å². The molecule has 28 heavy (non-hydrogen) atoms. The Morgan fingerprint density at radius 3 is 2.68 bits per heavy atom. The van der Waals surface area contributed by atoms with Crippen LogP contribution in [0.5, 0.6) is 0 Å². The van der Waals surface area contributed by atoms with Crippen molar-refractivity contribution in [2.24, 2.45) is 0 Å². The predicted octanol–water partition coefficient (Wildman–Crippen LogP) is 4.11. The summed E-state index contributed by atoms with van der Waals surface area (Å²) >= 11 is 1.30. The summed E-state index contributed by atoms with van der Waals surface area (Å²) in [7, 11) is 0. The average molecular weight is 395 g/mol. The van der Waals surface area contributed by atoms with Crippen molar-refractivity contribution in [2.45, 2.75) is 18.0 Å². The molecule has 2 heterocycles. The number of aromatic nitrogens is 2. The largest absolute Gasteiger partial charge is 0.312 e. The standard InChI is InChI=1S/C21H18FN3O2S/c22-16-3-1-4-18(13-16)25-12-10-23-21(25)28-14-19(26)15-6-8-17(9-7-15)24-11-2-5-20(24)27/h1,3-4,6-10,12-13H,2,5,11,14H2. The zero-order chi connectivity index (χ0) is 19.5. The predicted molar refractivity (Wildman–Crippen MR) is 107 cm³/mol. The number of carbonyl (C=O) groups is 2. The Kier molecular flexibility index (Phi) is 5.25. The van der Waals surface area contributed by atoms with Gasteiger partial charge in [0.2, 0.25) is 5.91 Å². The van der Waals surface area contributed by atoms with Gasteiger partial charge >= 0.3 is 0 Å². The molecule has 0 atom stereocenters. The monoisotopic (exact) mass is 395 g/mol. The third kappa shape index (κ3) is 3.84. The molecule has 0 N–H and O–H groups in total. The molecule has 1 aliphatic rings. The maximum absolute atomic E-state index is 13.5. The Balaban J connectivity index is 1.43. The van der Waals surface area contributed by atoms with Crippen LogP contribution in [-0.2, 0) is 4.79 Å². The molecule has 4 rings (SSSR count). The van der Waals surface area contributed by atoms with Crippen LogP contribution in [-0.4, -0.2) is 33.5 Å². The van der Waals surface area contributed by atoms with Gasteiger partial charge in [-0.15, -0.1) is 0 Å². The van der Waals surface area contributed by atoms with E-state index < -0.39 is 0 Å². The van der Waals surface area contributed by atoms with E-state index in [2.05, 4.69) is 4.98 Å². The first-order valence-corrected chi connectivity index (χ1v) is 9.96. The second-order valence-corrected chi connectivity index (χ2v) is 7.41. The molecule has 3 aromatic rings. The summed E-state index contributed by atoms with van der Waals surface area (Å²) in [6.07, 6.45) is 4.81. The Hall–Kier alpha value is -2.93. The Bertz CT molecular complexity index is 1020. The molecule has 1 aromatic heterocycles. The lowest BCUT2D eigenvalue weighted by Crippen LogP contribution is -2.23. The molecule has 1 fully saturated rings. The van der Waals surface area contributed by atoms with Gasteiger partial charge in [-0.3, -0.25) is 14.2 Å². The lowest BCUT2D eigenvalue weighted by Gasteiger charge is -2.15. The number of hydrogen-bond donors (Lipinski definition) is 0. The molecular formula is C21H18FN3O2S. The van der Waals surface area contributed by atoms with E-state index >= 15 is 0 Å². The van der Waals surface area contributed by atoms with Crippen LogP contribution in [0, 0.1) is 5.82 Å². The first-order chi connectivity index (χ1) is 13.6. The molecule has 142 valence electrons. The van der Waals surface area contributed by atoms with Crippen molar-refractivity contribution in [1.82, 2.24) is 9.55 Å². The summed E-state index contributed by atoms with van der Waals surface area (Å²) in [5, 5.41) is 0.623. The van der Waals surface area contributed by atoms with Crippen molar-refractivity contribution in [2.75, 3.05) is 17.2 Å². The molecule has 1 aliphatic heterocycles. The molecule has 7 heteroatoms. The molecule has 1 saturated heterocycles. The maximum atomic E-state index is 13.5. The molecule has 1 amide bonds. The van der Waals surface area contributed by atoms with E-state index in [1.54, 1.807) is 46.1 Å². The molecule has 0 aliphatic carbocycles. The van der Waals surface area contributed by atoms with Crippen molar-refractivity contribution in [3.05, 3.63) is 72.3 Å². The first kappa shape index (κ1) is 18.4. The van der Waals surface area contributed by atoms with Crippen LogP contribution in [0.3, 0.4) is 0 Å². The zero-order valence-corrected chi connectivity index (χ0v) is 15.9. The maximum Gasteiger partial charge on any atom is 0.227 e. The van der Waals surface area contributed by atoms with Gasteiger partial charge in [-0.25, -0.2) is 9.37 Å². The van der Waals surface area contributed by atoms with E-state index in [4.69, 9.17) is 0 Å². The lowest BCUT2D eigenvalue weighted by atomic mass is 10.1. The second kappa shape index (κ2) is 7.98. The third-order valence-corrected chi connectivity index (χ3v) is 5.57. The smallest absolute Gasteiger partial charge is 0.227 e. The highest BCUT2D eigenvalue weighted by Crippen LogP contribution is 2.24.